The summed E-state index contributed by atoms with van der Waals surface area (Å²) in [6.45, 7) is 0.184. The van der Waals surface area contributed by atoms with Crippen molar-refractivity contribution in [1.82, 2.24) is 5.43 Å². The van der Waals surface area contributed by atoms with Crippen molar-refractivity contribution in [3.05, 3.63) is 57.8 Å². The van der Waals surface area contributed by atoms with Gasteiger partial charge in [0.1, 0.15) is 12.4 Å². The molecule has 2 amide bonds. The van der Waals surface area contributed by atoms with Gasteiger partial charge in [-0.15, -0.1) is 0 Å². The van der Waals surface area contributed by atoms with Gasteiger partial charge in [0, 0.05) is 0 Å². The fourth-order valence-electron chi connectivity index (χ4n) is 1.91. The van der Waals surface area contributed by atoms with Crippen LogP contribution in [0.4, 0.5) is 9.18 Å². The topological polar surface area (TPSA) is 85.9 Å². The first kappa shape index (κ1) is 17.7. The maximum Gasteiger partial charge on any atom is 0.332 e. The molecular weight excluding hydrogens is 381 g/mol. The molecule has 0 fully saturated rings. The average Bonchev–Trinajstić information content (AvgIpc) is 2.53. The van der Waals surface area contributed by atoms with Crippen LogP contribution >= 0.6 is 15.9 Å². The highest BCUT2D eigenvalue weighted by molar-refractivity contribution is 9.10. The van der Waals surface area contributed by atoms with Crippen LogP contribution in [0.15, 0.2) is 46.0 Å². The average molecular weight is 396 g/mol. The Balaban J connectivity index is 2.17. The van der Waals surface area contributed by atoms with Gasteiger partial charge in [0.15, 0.2) is 11.5 Å². The molecule has 8 heteroatoms. The first-order chi connectivity index (χ1) is 11.5. The number of benzene rings is 2. The number of halogens is 2. The maximum atomic E-state index is 13.2. The largest absolute Gasteiger partial charge is 0.493 e. The minimum atomic E-state index is -0.757. The molecule has 0 saturated carbocycles. The first-order valence-corrected chi connectivity index (χ1v) is 7.62. The van der Waals surface area contributed by atoms with Crippen molar-refractivity contribution in [2.45, 2.75) is 6.61 Å². The zero-order valence-electron chi connectivity index (χ0n) is 12.8. The molecule has 0 aliphatic rings. The van der Waals surface area contributed by atoms with E-state index >= 15 is 0 Å². The summed E-state index contributed by atoms with van der Waals surface area (Å²) < 4.78 is 24.9. The monoisotopic (exact) mass is 395 g/mol. The van der Waals surface area contributed by atoms with Crippen LogP contribution in [-0.2, 0) is 6.61 Å². The van der Waals surface area contributed by atoms with Crippen LogP contribution in [0.2, 0.25) is 0 Å². The van der Waals surface area contributed by atoms with Crippen molar-refractivity contribution >= 4 is 28.2 Å². The number of primary amides is 1. The molecule has 0 spiro atoms. The molecule has 0 atom stereocenters. The predicted molar refractivity (Wildman–Crippen MR) is 91.7 cm³/mol. The van der Waals surface area contributed by atoms with E-state index in [1.807, 2.05) is 0 Å². The third-order valence-corrected chi connectivity index (χ3v) is 3.50. The Bertz CT molecular complexity index is 768. The number of ether oxygens (including phenoxy) is 2. The van der Waals surface area contributed by atoms with Gasteiger partial charge in [0.25, 0.3) is 0 Å². The highest BCUT2D eigenvalue weighted by atomic mass is 79.9. The van der Waals surface area contributed by atoms with Gasteiger partial charge in [-0.05, 0) is 51.3 Å². The quantitative estimate of drug-likeness (QED) is 0.581. The van der Waals surface area contributed by atoms with Crippen LogP contribution < -0.4 is 20.6 Å². The number of carbonyl (C=O) groups excluding carboxylic acids is 1. The molecule has 0 radical (unpaired) electrons. The molecule has 24 heavy (non-hydrogen) atoms. The van der Waals surface area contributed by atoms with Gasteiger partial charge in [-0.3, -0.25) is 0 Å². The summed E-state index contributed by atoms with van der Waals surface area (Å²) in [6.07, 6.45) is 1.41. The van der Waals surface area contributed by atoms with Crippen LogP contribution in [0.5, 0.6) is 11.5 Å². The number of urea groups is 1. The van der Waals surface area contributed by atoms with Crippen molar-refractivity contribution in [3.8, 4) is 11.5 Å². The van der Waals surface area contributed by atoms with E-state index in [0.717, 1.165) is 0 Å². The Labute approximate surface area is 146 Å². The van der Waals surface area contributed by atoms with E-state index in [1.54, 1.807) is 24.3 Å². The van der Waals surface area contributed by atoms with Crippen LogP contribution in [-0.4, -0.2) is 19.4 Å². The number of methoxy groups -OCH3 is 1. The highest BCUT2D eigenvalue weighted by Gasteiger charge is 2.11. The Morgan fingerprint density at radius 1 is 1.42 bits per heavy atom. The van der Waals surface area contributed by atoms with Gasteiger partial charge in [-0.1, -0.05) is 12.1 Å². The van der Waals surface area contributed by atoms with Crippen molar-refractivity contribution in [1.29, 1.82) is 0 Å². The van der Waals surface area contributed by atoms with Gasteiger partial charge in [0.05, 0.1) is 17.8 Å². The predicted octanol–water partition coefficient (Wildman–Crippen LogP) is 3.18. The van der Waals surface area contributed by atoms with Crippen LogP contribution in [0.3, 0.4) is 0 Å². The molecule has 0 aliphatic carbocycles. The summed E-state index contributed by atoms with van der Waals surface area (Å²) in [5.74, 6) is 0.610. The highest BCUT2D eigenvalue weighted by Crippen LogP contribution is 2.36. The van der Waals surface area contributed by atoms with Gasteiger partial charge < -0.3 is 15.2 Å². The van der Waals surface area contributed by atoms with Crippen molar-refractivity contribution < 1.29 is 18.7 Å². The number of amides is 2. The molecule has 0 saturated heterocycles. The van der Waals surface area contributed by atoms with E-state index in [0.29, 0.717) is 27.1 Å². The van der Waals surface area contributed by atoms with Gasteiger partial charge >= 0.3 is 6.03 Å². The third kappa shape index (κ3) is 4.95. The normalized spacial score (nSPS) is 10.6. The second-order valence-electron chi connectivity index (χ2n) is 4.69. The van der Waals surface area contributed by atoms with E-state index in [2.05, 4.69) is 26.5 Å². The van der Waals surface area contributed by atoms with Gasteiger partial charge in [-0.2, -0.15) is 5.10 Å². The lowest BCUT2D eigenvalue weighted by Crippen LogP contribution is -2.24. The summed E-state index contributed by atoms with van der Waals surface area (Å²) in [7, 11) is 1.50. The van der Waals surface area contributed by atoms with Crippen molar-refractivity contribution in [2.75, 3.05) is 7.11 Å². The van der Waals surface area contributed by atoms with Crippen LogP contribution in [0.25, 0.3) is 0 Å². The fraction of sp³-hybridized carbons (Fsp3) is 0.125. The summed E-state index contributed by atoms with van der Waals surface area (Å²) >= 11 is 3.39. The van der Waals surface area contributed by atoms with E-state index in [1.165, 1.54) is 25.5 Å². The number of hydrogen-bond donors (Lipinski definition) is 2. The van der Waals surface area contributed by atoms with Crippen molar-refractivity contribution in [3.63, 3.8) is 0 Å². The molecule has 0 heterocycles. The fourth-order valence-corrected chi connectivity index (χ4v) is 2.48. The van der Waals surface area contributed by atoms with Crippen LogP contribution in [0.1, 0.15) is 11.1 Å². The van der Waals surface area contributed by atoms with E-state index < -0.39 is 6.03 Å². The summed E-state index contributed by atoms with van der Waals surface area (Å²) in [5, 5.41) is 3.68. The zero-order valence-corrected chi connectivity index (χ0v) is 14.3. The molecule has 6 nitrogen and oxygen atoms in total. The molecule has 2 rings (SSSR count). The maximum absolute atomic E-state index is 13.2. The number of nitrogens with two attached hydrogens (primary N) is 1. The Kier molecular flexibility index (Phi) is 6.14. The summed E-state index contributed by atoms with van der Waals surface area (Å²) in [4.78, 5) is 10.6. The lowest BCUT2D eigenvalue weighted by molar-refractivity contribution is 0.249. The van der Waals surface area contributed by atoms with Gasteiger partial charge in [-0.25, -0.2) is 14.6 Å². The molecule has 2 aromatic carbocycles. The second kappa shape index (κ2) is 8.30. The molecule has 3 N–H and O–H groups in total. The Morgan fingerprint density at radius 2 is 2.21 bits per heavy atom. The zero-order chi connectivity index (χ0) is 17.5. The van der Waals surface area contributed by atoms with E-state index in [9.17, 15) is 9.18 Å². The minimum absolute atomic E-state index is 0.184. The SMILES string of the molecule is COc1cc(C=NNC(N)=O)cc(Br)c1OCc1cccc(F)c1. The third-order valence-electron chi connectivity index (χ3n) is 2.91. The minimum Gasteiger partial charge on any atom is -0.493 e. The number of nitrogens with one attached hydrogen (secondary N) is 1. The number of hydrogen-bond acceptors (Lipinski definition) is 4. The molecular formula is C16H15BrFN3O3. The Hall–Kier alpha value is -2.61. The molecule has 126 valence electrons. The summed E-state index contributed by atoms with van der Waals surface area (Å²) in [5.41, 5.74) is 8.38. The lowest BCUT2D eigenvalue weighted by Gasteiger charge is -2.13. The van der Waals surface area contributed by atoms with Crippen molar-refractivity contribution in [2.24, 2.45) is 10.8 Å². The summed E-state index contributed by atoms with van der Waals surface area (Å²) in [6, 6.07) is 8.80. The standard InChI is InChI=1S/C16H15BrFN3O3/c1-23-14-7-11(8-20-21-16(19)22)6-13(17)15(14)24-9-10-3-2-4-12(18)5-10/h2-8H,9H2,1H3,(H3,19,21,22). The molecule has 0 aromatic heterocycles. The molecule has 0 aliphatic heterocycles. The Morgan fingerprint density at radius 3 is 2.88 bits per heavy atom. The van der Waals surface area contributed by atoms with Crippen LogP contribution in [0, 0.1) is 5.82 Å². The number of rotatable bonds is 6. The molecule has 0 unspecified atom stereocenters. The first-order valence-electron chi connectivity index (χ1n) is 6.83. The number of nitrogens with zero attached hydrogens (tertiary/aromatic N) is 1. The van der Waals surface area contributed by atoms with Gasteiger partial charge in [0.2, 0.25) is 0 Å². The van der Waals surface area contributed by atoms with E-state index in [4.69, 9.17) is 15.2 Å². The molecule has 2 aromatic rings. The van der Waals surface area contributed by atoms with E-state index in [-0.39, 0.29) is 12.4 Å². The lowest BCUT2D eigenvalue weighted by atomic mass is 10.2. The number of carbonyl (C=O) groups is 1. The molecule has 0 bridgehead atoms. The smallest absolute Gasteiger partial charge is 0.332 e. The number of hydrazone groups is 1. The second-order valence-corrected chi connectivity index (χ2v) is 5.54.